The van der Waals surface area contributed by atoms with Crippen LogP contribution in [0.2, 0.25) is 0 Å². The number of piperidine rings is 1. The second-order valence-corrected chi connectivity index (χ2v) is 9.39. The van der Waals surface area contributed by atoms with Gasteiger partial charge in [-0.25, -0.2) is 4.68 Å². The number of rotatable bonds is 5. The smallest absolute Gasteiger partial charge is 0.255 e. The standard InChI is InChI=1S/C27H32N4O2/c1-19-7-5-8-20(17-19)26-23(18-31(29-26)22-9-3-2-4-10-22)27(33)28-21-13-15-30(16-14-21)24-11-6-12-25(24)32/h2-5,7-10,17-18,21,24-25,32H,6,11-16H2,1H3,(H,28,33)/t24-,25-/m0/s1. The molecule has 1 saturated heterocycles. The number of nitrogens with zero attached hydrogens (tertiary/aromatic N) is 3. The van der Waals surface area contributed by atoms with Gasteiger partial charge in [0.15, 0.2) is 0 Å². The number of aliphatic hydroxyl groups excluding tert-OH is 1. The number of aryl methyl sites for hydroxylation is 1. The molecule has 0 bridgehead atoms. The number of aliphatic hydroxyl groups is 1. The van der Waals surface area contributed by atoms with Gasteiger partial charge in [-0.2, -0.15) is 5.10 Å². The van der Waals surface area contributed by atoms with Crippen molar-refractivity contribution in [3.8, 4) is 16.9 Å². The zero-order valence-electron chi connectivity index (χ0n) is 19.2. The van der Waals surface area contributed by atoms with Crippen LogP contribution in [0.4, 0.5) is 0 Å². The third-order valence-corrected chi connectivity index (χ3v) is 7.05. The molecule has 0 radical (unpaired) electrons. The van der Waals surface area contributed by atoms with Crippen molar-refractivity contribution in [1.82, 2.24) is 20.0 Å². The van der Waals surface area contributed by atoms with Crippen LogP contribution in [0, 0.1) is 6.92 Å². The summed E-state index contributed by atoms with van der Waals surface area (Å²) >= 11 is 0. The molecule has 0 unspecified atom stereocenters. The predicted molar refractivity (Wildman–Crippen MR) is 129 cm³/mol. The normalized spacial score (nSPS) is 21.9. The summed E-state index contributed by atoms with van der Waals surface area (Å²) in [6.45, 7) is 3.88. The average Bonchev–Trinajstić information content (AvgIpc) is 3.47. The largest absolute Gasteiger partial charge is 0.391 e. The molecule has 1 saturated carbocycles. The third-order valence-electron chi connectivity index (χ3n) is 7.05. The van der Waals surface area contributed by atoms with Gasteiger partial charge in [-0.15, -0.1) is 0 Å². The van der Waals surface area contributed by atoms with E-state index in [1.165, 1.54) is 0 Å². The highest BCUT2D eigenvalue weighted by Crippen LogP contribution is 2.28. The quantitative estimate of drug-likeness (QED) is 0.625. The van der Waals surface area contributed by atoms with E-state index in [9.17, 15) is 9.90 Å². The molecule has 6 heteroatoms. The van der Waals surface area contributed by atoms with Crippen molar-refractivity contribution in [3.63, 3.8) is 0 Å². The SMILES string of the molecule is Cc1cccc(-c2nn(-c3ccccc3)cc2C(=O)NC2CCN([C@H]3CCC[C@@H]3O)CC2)c1. The average molecular weight is 445 g/mol. The summed E-state index contributed by atoms with van der Waals surface area (Å²) in [6, 6.07) is 18.4. The molecular weight excluding hydrogens is 412 g/mol. The summed E-state index contributed by atoms with van der Waals surface area (Å²) in [4.78, 5) is 15.8. The van der Waals surface area contributed by atoms with Crippen LogP contribution in [0.3, 0.4) is 0 Å². The number of carbonyl (C=O) groups is 1. The number of benzene rings is 2. The van der Waals surface area contributed by atoms with Crippen molar-refractivity contribution in [3.05, 3.63) is 71.9 Å². The Morgan fingerprint density at radius 1 is 1.03 bits per heavy atom. The van der Waals surface area contributed by atoms with Gasteiger partial charge in [-0.3, -0.25) is 9.69 Å². The van der Waals surface area contributed by atoms with E-state index in [1.807, 2.05) is 61.7 Å². The molecule has 2 N–H and O–H groups in total. The summed E-state index contributed by atoms with van der Waals surface area (Å²) in [6.07, 6.45) is 6.55. The zero-order valence-corrected chi connectivity index (χ0v) is 19.2. The van der Waals surface area contributed by atoms with Crippen molar-refractivity contribution in [2.75, 3.05) is 13.1 Å². The summed E-state index contributed by atoms with van der Waals surface area (Å²) in [7, 11) is 0. The highest BCUT2D eigenvalue weighted by atomic mass is 16.3. The van der Waals surface area contributed by atoms with Crippen molar-refractivity contribution < 1.29 is 9.90 Å². The Balaban J connectivity index is 1.34. The van der Waals surface area contributed by atoms with Gasteiger partial charge in [0, 0.05) is 36.9 Å². The van der Waals surface area contributed by atoms with E-state index in [0.29, 0.717) is 17.3 Å². The lowest BCUT2D eigenvalue weighted by molar-refractivity contribution is 0.0514. The van der Waals surface area contributed by atoms with Crippen LogP contribution in [0.1, 0.15) is 48.0 Å². The Labute approximate surface area is 195 Å². The molecule has 33 heavy (non-hydrogen) atoms. The molecule has 0 spiro atoms. The lowest BCUT2D eigenvalue weighted by atomic mass is 10.0. The number of aromatic nitrogens is 2. The zero-order chi connectivity index (χ0) is 22.8. The Hall–Kier alpha value is -2.96. The fourth-order valence-electron chi connectivity index (χ4n) is 5.24. The minimum atomic E-state index is -0.197. The first kappa shape index (κ1) is 21.9. The van der Waals surface area contributed by atoms with E-state index >= 15 is 0 Å². The Bertz CT molecular complexity index is 1100. The van der Waals surface area contributed by atoms with E-state index in [1.54, 1.807) is 4.68 Å². The van der Waals surface area contributed by atoms with Gasteiger partial charge in [0.05, 0.1) is 17.4 Å². The number of para-hydroxylation sites is 1. The Morgan fingerprint density at radius 3 is 2.52 bits per heavy atom. The number of hydrogen-bond acceptors (Lipinski definition) is 4. The van der Waals surface area contributed by atoms with Crippen LogP contribution in [0.25, 0.3) is 16.9 Å². The maximum absolute atomic E-state index is 13.4. The molecule has 2 fully saturated rings. The van der Waals surface area contributed by atoms with E-state index in [2.05, 4.69) is 16.3 Å². The Morgan fingerprint density at radius 2 is 1.82 bits per heavy atom. The molecule has 1 aromatic heterocycles. The van der Waals surface area contributed by atoms with E-state index in [-0.39, 0.29) is 18.1 Å². The van der Waals surface area contributed by atoms with Crippen molar-refractivity contribution in [2.24, 2.45) is 0 Å². The number of carbonyl (C=O) groups excluding carboxylic acids is 1. The monoisotopic (exact) mass is 444 g/mol. The fourth-order valence-corrected chi connectivity index (χ4v) is 5.24. The first-order valence-electron chi connectivity index (χ1n) is 12.0. The second-order valence-electron chi connectivity index (χ2n) is 9.39. The topological polar surface area (TPSA) is 70.4 Å². The van der Waals surface area contributed by atoms with Crippen molar-refractivity contribution in [1.29, 1.82) is 0 Å². The Kier molecular flexibility index (Phi) is 6.29. The van der Waals surface area contributed by atoms with Crippen LogP contribution in [0.15, 0.2) is 60.8 Å². The van der Waals surface area contributed by atoms with Crippen LogP contribution in [-0.4, -0.2) is 57.0 Å². The number of likely N-dealkylation sites (tertiary alicyclic amines) is 1. The van der Waals surface area contributed by atoms with E-state index in [4.69, 9.17) is 5.10 Å². The molecule has 2 heterocycles. The maximum atomic E-state index is 13.4. The lowest BCUT2D eigenvalue weighted by Crippen LogP contribution is -2.49. The lowest BCUT2D eigenvalue weighted by Gasteiger charge is -2.37. The third kappa shape index (κ3) is 4.72. The van der Waals surface area contributed by atoms with Gasteiger partial charge in [0.2, 0.25) is 0 Å². The molecule has 172 valence electrons. The number of nitrogens with one attached hydrogen (secondary N) is 1. The first-order chi connectivity index (χ1) is 16.1. The summed E-state index contributed by atoms with van der Waals surface area (Å²) in [5.41, 5.74) is 4.30. The highest BCUT2D eigenvalue weighted by molar-refractivity contribution is 6.00. The molecule has 3 aromatic rings. The summed E-state index contributed by atoms with van der Waals surface area (Å²) in [5, 5.41) is 18.3. The molecule has 2 atom stereocenters. The van der Waals surface area contributed by atoms with Gasteiger partial charge in [0.1, 0.15) is 5.69 Å². The molecule has 2 aromatic carbocycles. The second kappa shape index (κ2) is 9.49. The predicted octanol–water partition coefficient (Wildman–Crippen LogP) is 3.96. The van der Waals surface area contributed by atoms with Crippen LogP contribution < -0.4 is 5.32 Å². The molecular formula is C27H32N4O2. The van der Waals surface area contributed by atoms with Crippen molar-refractivity contribution >= 4 is 5.91 Å². The molecule has 1 aliphatic carbocycles. The fraction of sp³-hybridized carbons (Fsp3) is 0.407. The molecule has 6 nitrogen and oxygen atoms in total. The maximum Gasteiger partial charge on any atom is 0.255 e. The van der Waals surface area contributed by atoms with Crippen LogP contribution in [-0.2, 0) is 0 Å². The van der Waals surface area contributed by atoms with Gasteiger partial charge >= 0.3 is 0 Å². The first-order valence-corrected chi connectivity index (χ1v) is 12.0. The number of hydrogen-bond donors (Lipinski definition) is 2. The van der Waals surface area contributed by atoms with Crippen molar-refractivity contribution in [2.45, 2.75) is 57.2 Å². The van der Waals surface area contributed by atoms with Gasteiger partial charge in [-0.1, -0.05) is 42.0 Å². The highest BCUT2D eigenvalue weighted by Gasteiger charge is 2.33. The van der Waals surface area contributed by atoms with Crippen LogP contribution in [0.5, 0.6) is 0 Å². The molecule has 5 rings (SSSR count). The molecule has 1 amide bonds. The molecule has 2 aliphatic rings. The number of amides is 1. The van der Waals surface area contributed by atoms with Gasteiger partial charge in [-0.05, 0) is 57.2 Å². The summed E-state index contributed by atoms with van der Waals surface area (Å²) < 4.78 is 1.79. The van der Waals surface area contributed by atoms with E-state index < -0.39 is 0 Å². The van der Waals surface area contributed by atoms with Crippen LogP contribution >= 0.6 is 0 Å². The van der Waals surface area contributed by atoms with Gasteiger partial charge < -0.3 is 10.4 Å². The molecule has 1 aliphatic heterocycles. The van der Waals surface area contributed by atoms with E-state index in [0.717, 1.165) is 62.0 Å². The summed E-state index contributed by atoms with van der Waals surface area (Å²) in [5.74, 6) is -0.0759. The minimum Gasteiger partial charge on any atom is -0.391 e. The minimum absolute atomic E-state index is 0.0759. The van der Waals surface area contributed by atoms with Gasteiger partial charge in [0.25, 0.3) is 5.91 Å².